The molecule has 4 aromatic rings. The number of halogens is 2. The van der Waals surface area contributed by atoms with E-state index in [0.29, 0.717) is 27.2 Å². The second kappa shape index (κ2) is 9.25. The number of ether oxygens (including phenoxy) is 2. The van der Waals surface area contributed by atoms with Gasteiger partial charge >= 0.3 is 17.5 Å². The van der Waals surface area contributed by atoms with Crippen LogP contribution in [0.4, 0.5) is 10.5 Å². The Morgan fingerprint density at radius 2 is 1.54 bits per heavy atom. The maximum Gasteiger partial charge on any atom is 0.447 e. The van der Waals surface area contributed by atoms with Gasteiger partial charge in [0, 0.05) is 22.3 Å². The fourth-order valence-corrected chi connectivity index (χ4v) is 5.39. The molecule has 10 nitrogen and oxygen atoms in total. The Hall–Kier alpha value is -4.15. The highest BCUT2D eigenvalue weighted by molar-refractivity contribution is 6.31. The van der Waals surface area contributed by atoms with Crippen LogP contribution in [0.15, 0.2) is 80.8 Å². The average molecular weight is 569 g/mol. The van der Waals surface area contributed by atoms with Gasteiger partial charge in [-0.05, 0) is 67.9 Å². The molecule has 0 bridgehead atoms. The molecule has 1 saturated heterocycles. The van der Waals surface area contributed by atoms with Crippen LogP contribution in [0.3, 0.4) is 0 Å². The number of nitrogens with zero attached hydrogens (tertiary/aromatic N) is 4. The third-order valence-electron chi connectivity index (χ3n) is 6.90. The van der Waals surface area contributed by atoms with Crippen LogP contribution in [-0.4, -0.2) is 32.6 Å². The molecule has 6 rings (SSSR count). The Labute approximate surface area is 232 Å². The zero-order valence-electron chi connectivity index (χ0n) is 20.8. The van der Waals surface area contributed by atoms with Crippen molar-refractivity contribution in [2.45, 2.75) is 32.1 Å². The van der Waals surface area contributed by atoms with Crippen molar-refractivity contribution >= 4 is 34.9 Å². The Bertz CT molecular complexity index is 1730. The maximum absolute atomic E-state index is 14.1. The number of carbonyl (C=O) groups is 1. The summed E-state index contributed by atoms with van der Waals surface area (Å²) in [7, 11) is 0. The van der Waals surface area contributed by atoms with E-state index in [-0.39, 0.29) is 19.0 Å². The van der Waals surface area contributed by atoms with Crippen molar-refractivity contribution < 1.29 is 18.8 Å². The lowest BCUT2D eigenvalue weighted by Gasteiger charge is -2.34. The van der Waals surface area contributed by atoms with Gasteiger partial charge in [-0.15, -0.1) is 4.74 Å². The van der Waals surface area contributed by atoms with Gasteiger partial charge in [0.05, 0.1) is 11.2 Å². The van der Waals surface area contributed by atoms with Crippen molar-refractivity contribution in [3.8, 4) is 17.2 Å². The standard InChI is InChI=1S/C27H22Cl2N4O6/c1-27(2)23(33-25(35)32(26(36)39-33)20-8-4-6-18(29)13-20)31(19-7-3-5-17(28)12-19)24(34)30(27)14-16-9-10-21-22(11-16)38-15-37-21/h3-13,23H,14-15H2,1-2H3/t23-/m0/s1. The molecule has 0 aliphatic carbocycles. The number of urea groups is 1. The van der Waals surface area contributed by atoms with Gasteiger partial charge in [-0.3, -0.25) is 4.90 Å². The molecule has 0 N–H and O–H groups in total. The Kier molecular flexibility index (Phi) is 5.96. The van der Waals surface area contributed by atoms with Gasteiger partial charge in [0.15, 0.2) is 17.7 Å². The SMILES string of the molecule is CC1(C)[C@H](n2oc(=O)n(-c3cccc(Cl)c3)c2=O)N(c2cccc(Cl)c2)C(=O)N1Cc1ccc2c(c1)OCO2. The van der Waals surface area contributed by atoms with Crippen molar-refractivity contribution in [2.75, 3.05) is 11.7 Å². The van der Waals surface area contributed by atoms with Crippen LogP contribution in [0.2, 0.25) is 10.0 Å². The lowest BCUT2D eigenvalue weighted by atomic mass is 9.99. The number of fused-ring (bicyclic) bond motifs is 1. The topological polar surface area (TPSA) is 99.2 Å². The van der Waals surface area contributed by atoms with E-state index in [1.165, 1.54) is 11.0 Å². The molecule has 1 aromatic heterocycles. The molecular formula is C27H22Cl2N4O6. The molecule has 1 atom stereocenters. The summed E-state index contributed by atoms with van der Waals surface area (Å²) in [6.45, 7) is 3.92. The molecule has 0 unspecified atom stereocenters. The van der Waals surface area contributed by atoms with Crippen LogP contribution in [0.5, 0.6) is 11.5 Å². The summed E-state index contributed by atoms with van der Waals surface area (Å²) in [6.07, 6.45) is -1.04. The number of anilines is 1. The fraction of sp³-hybridized carbons (Fsp3) is 0.222. The number of carbonyl (C=O) groups excluding carboxylic acids is 1. The van der Waals surface area contributed by atoms with Gasteiger partial charge in [0.1, 0.15) is 0 Å². The number of benzene rings is 3. The van der Waals surface area contributed by atoms with Crippen LogP contribution in [0.25, 0.3) is 5.69 Å². The zero-order chi connectivity index (χ0) is 27.5. The quantitative estimate of drug-likeness (QED) is 0.334. The predicted octanol–water partition coefficient (Wildman–Crippen LogP) is 5.05. The van der Waals surface area contributed by atoms with Crippen molar-refractivity contribution in [3.05, 3.63) is 103 Å². The largest absolute Gasteiger partial charge is 0.454 e. The highest BCUT2D eigenvalue weighted by atomic mass is 35.5. The monoisotopic (exact) mass is 568 g/mol. The normalized spacial score (nSPS) is 17.7. The molecule has 200 valence electrons. The van der Waals surface area contributed by atoms with E-state index in [4.69, 9.17) is 37.2 Å². The number of hydrogen-bond donors (Lipinski definition) is 0. The first-order valence-electron chi connectivity index (χ1n) is 12.0. The number of rotatable bonds is 5. The van der Waals surface area contributed by atoms with Crippen molar-refractivity contribution in [2.24, 2.45) is 0 Å². The number of amides is 2. The molecule has 2 amide bonds. The molecule has 0 radical (unpaired) electrons. The molecule has 39 heavy (non-hydrogen) atoms. The minimum absolute atomic E-state index is 0.128. The first-order chi connectivity index (χ1) is 18.6. The van der Waals surface area contributed by atoms with Crippen molar-refractivity contribution in [3.63, 3.8) is 0 Å². The van der Waals surface area contributed by atoms with E-state index in [1.54, 1.807) is 67.3 Å². The second-order valence-electron chi connectivity index (χ2n) is 9.71. The maximum atomic E-state index is 14.1. The summed E-state index contributed by atoms with van der Waals surface area (Å²) in [4.78, 5) is 43.7. The average Bonchev–Trinajstić information content (AvgIpc) is 3.52. The van der Waals surface area contributed by atoms with E-state index in [2.05, 4.69) is 0 Å². The first kappa shape index (κ1) is 25.1. The Balaban J connectivity index is 1.48. The minimum atomic E-state index is -1.05. The molecule has 3 heterocycles. The van der Waals surface area contributed by atoms with Crippen LogP contribution in [-0.2, 0) is 6.54 Å². The third kappa shape index (κ3) is 4.16. The summed E-state index contributed by atoms with van der Waals surface area (Å²) in [5.74, 6) is 0.298. The van der Waals surface area contributed by atoms with E-state index in [0.717, 1.165) is 14.9 Å². The summed E-state index contributed by atoms with van der Waals surface area (Å²) in [6, 6.07) is 18.0. The van der Waals surface area contributed by atoms with Crippen molar-refractivity contribution in [1.82, 2.24) is 14.2 Å². The first-order valence-corrected chi connectivity index (χ1v) is 12.8. The van der Waals surface area contributed by atoms with Crippen LogP contribution >= 0.6 is 23.2 Å². The lowest BCUT2D eigenvalue weighted by Crippen LogP contribution is -2.46. The van der Waals surface area contributed by atoms with Gasteiger partial charge in [0.2, 0.25) is 6.79 Å². The zero-order valence-corrected chi connectivity index (χ0v) is 22.3. The highest BCUT2D eigenvalue weighted by Gasteiger charge is 2.55. The van der Waals surface area contributed by atoms with Crippen LogP contribution < -0.4 is 25.8 Å². The van der Waals surface area contributed by atoms with Gasteiger partial charge in [-0.1, -0.05) is 41.4 Å². The van der Waals surface area contributed by atoms with Crippen molar-refractivity contribution in [1.29, 1.82) is 0 Å². The summed E-state index contributed by atoms with van der Waals surface area (Å²) in [5, 5.41) is 0.745. The Morgan fingerprint density at radius 1 is 0.872 bits per heavy atom. The minimum Gasteiger partial charge on any atom is -0.454 e. The molecular weight excluding hydrogens is 547 g/mol. The van der Waals surface area contributed by atoms with Gasteiger partial charge < -0.3 is 18.9 Å². The van der Waals surface area contributed by atoms with Gasteiger partial charge in [0.25, 0.3) is 0 Å². The Morgan fingerprint density at radius 3 is 2.26 bits per heavy atom. The molecule has 12 heteroatoms. The summed E-state index contributed by atoms with van der Waals surface area (Å²) >= 11 is 12.4. The molecule has 1 fully saturated rings. The molecule has 2 aliphatic rings. The summed E-state index contributed by atoms with van der Waals surface area (Å²) in [5.41, 5.74) is -0.337. The smallest absolute Gasteiger partial charge is 0.447 e. The number of aromatic nitrogens is 2. The van der Waals surface area contributed by atoms with Gasteiger partial charge in [-0.2, -0.15) is 4.57 Å². The van der Waals surface area contributed by atoms with E-state index >= 15 is 0 Å². The third-order valence-corrected chi connectivity index (χ3v) is 7.37. The highest BCUT2D eigenvalue weighted by Crippen LogP contribution is 2.44. The van der Waals surface area contributed by atoms with Gasteiger partial charge in [-0.25, -0.2) is 14.4 Å². The summed E-state index contributed by atoms with van der Waals surface area (Å²) < 4.78 is 18.2. The molecule has 0 spiro atoms. The molecule has 2 aliphatic heterocycles. The lowest BCUT2D eigenvalue weighted by molar-refractivity contribution is 0.0930. The number of hydrogen-bond acceptors (Lipinski definition) is 6. The van der Waals surface area contributed by atoms with E-state index in [9.17, 15) is 14.4 Å². The van der Waals surface area contributed by atoms with E-state index in [1.807, 2.05) is 12.1 Å². The molecule has 3 aromatic carbocycles. The van der Waals surface area contributed by atoms with Crippen LogP contribution in [0, 0.1) is 0 Å². The second-order valence-corrected chi connectivity index (χ2v) is 10.6. The van der Waals surface area contributed by atoms with Crippen LogP contribution in [0.1, 0.15) is 25.6 Å². The van der Waals surface area contributed by atoms with E-state index < -0.39 is 29.2 Å². The predicted molar refractivity (Wildman–Crippen MR) is 144 cm³/mol. The molecule has 0 saturated carbocycles. The fourth-order valence-electron chi connectivity index (χ4n) is 5.03.